The van der Waals surface area contributed by atoms with E-state index in [2.05, 4.69) is 12.2 Å². The van der Waals surface area contributed by atoms with E-state index in [4.69, 9.17) is 4.74 Å². The maximum Gasteiger partial charge on any atom is 0.251 e. The molecule has 2 aliphatic heterocycles. The van der Waals surface area contributed by atoms with Crippen LogP contribution in [0.2, 0.25) is 0 Å². The van der Waals surface area contributed by atoms with Gasteiger partial charge in [0, 0.05) is 18.4 Å². The lowest BCUT2D eigenvalue weighted by Gasteiger charge is -2.27. The van der Waals surface area contributed by atoms with E-state index in [1.165, 1.54) is 7.05 Å². The number of carbonyl (C=O) groups excluding carboxylic acids is 1. The molecule has 0 saturated carbocycles. The highest BCUT2D eigenvalue weighted by Crippen LogP contribution is 2.45. The Labute approximate surface area is 154 Å². The van der Waals surface area contributed by atoms with Crippen molar-refractivity contribution in [1.29, 1.82) is 0 Å². The number of hydrogen-bond donors (Lipinski definition) is 1. The van der Waals surface area contributed by atoms with Crippen molar-refractivity contribution in [2.45, 2.75) is 65.1 Å². The van der Waals surface area contributed by atoms with Gasteiger partial charge in [0.05, 0.1) is 12.2 Å². The molecular weight excluding hydrogens is 338 g/mol. The van der Waals surface area contributed by atoms with E-state index in [9.17, 15) is 14.6 Å². The zero-order chi connectivity index (χ0) is 18.6. The molecule has 2 fully saturated rings. The summed E-state index contributed by atoms with van der Waals surface area (Å²) in [4.78, 5) is 11.9. The van der Waals surface area contributed by atoms with Crippen molar-refractivity contribution < 1.29 is 19.3 Å². The monoisotopic (exact) mass is 371 g/mol. The molecule has 1 unspecified atom stereocenters. The summed E-state index contributed by atoms with van der Waals surface area (Å²) >= 11 is -0.740. The van der Waals surface area contributed by atoms with Crippen molar-refractivity contribution in [3.8, 4) is 0 Å². The highest BCUT2D eigenvalue weighted by atomic mass is 32.2. The first-order valence-corrected chi connectivity index (χ1v) is 10.9. The molecule has 144 valence electrons. The second-order valence-corrected chi connectivity index (χ2v) is 9.76. The van der Waals surface area contributed by atoms with Crippen LogP contribution in [0.5, 0.6) is 0 Å². The van der Waals surface area contributed by atoms with Gasteiger partial charge in [-0.1, -0.05) is 37.2 Å². The van der Waals surface area contributed by atoms with E-state index in [1.54, 1.807) is 0 Å². The molecule has 6 heteroatoms. The van der Waals surface area contributed by atoms with Gasteiger partial charge in [0.25, 0.3) is 5.91 Å². The number of carbonyl (C=O) groups is 1. The summed E-state index contributed by atoms with van der Waals surface area (Å²) in [6.07, 6.45) is 9.66. The molecule has 2 heterocycles. The number of hydrogen-bond acceptors (Lipinski definition) is 4. The maximum atomic E-state index is 12.0. The molecule has 0 aromatic heterocycles. The van der Waals surface area contributed by atoms with Gasteiger partial charge in [-0.3, -0.25) is 10.0 Å². The summed E-state index contributed by atoms with van der Waals surface area (Å²) in [6.45, 7) is 5.69. The first-order chi connectivity index (χ1) is 11.8. The number of allylic oxidation sites excluding steroid dienone is 2. The van der Waals surface area contributed by atoms with Crippen LogP contribution in [-0.4, -0.2) is 51.5 Å². The highest BCUT2D eigenvalue weighted by molar-refractivity contribution is 7.91. The number of ether oxygens (including phenoxy) is 1. The average Bonchev–Trinajstić information content (AvgIpc) is 3.15. The minimum Gasteiger partial charge on any atom is -0.616 e. The Kier molecular flexibility index (Phi) is 7.38. The molecule has 0 aromatic rings. The maximum absolute atomic E-state index is 12.0. The number of amides is 1. The van der Waals surface area contributed by atoms with Crippen LogP contribution in [-0.2, 0) is 20.7 Å². The topological polar surface area (TPSA) is 72.8 Å². The third-order valence-corrected chi connectivity index (χ3v) is 7.08. The second kappa shape index (κ2) is 8.89. The van der Waals surface area contributed by atoms with Crippen molar-refractivity contribution in [1.82, 2.24) is 5.06 Å². The Morgan fingerprint density at radius 3 is 2.56 bits per heavy atom. The van der Waals surface area contributed by atoms with E-state index in [1.807, 2.05) is 20.8 Å². The second-order valence-electron chi connectivity index (χ2n) is 7.97. The molecule has 1 amide bonds. The molecule has 25 heavy (non-hydrogen) atoms. The SMILES string of the molecule is CC[S+]([O-])C[C@@H]1[C@H](C/C=C\CCC(C)(C)C(=O)N(C)O)[C@@H]2CC[C@H]1O2. The highest BCUT2D eigenvalue weighted by Gasteiger charge is 2.49. The van der Waals surface area contributed by atoms with Gasteiger partial charge in [0.2, 0.25) is 0 Å². The van der Waals surface area contributed by atoms with Crippen LogP contribution in [0.3, 0.4) is 0 Å². The summed E-state index contributed by atoms with van der Waals surface area (Å²) in [7, 11) is 1.37. The lowest BCUT2D eigenvalue weighted by atomic mass is 9.78. The van der Waals surface area contributed by atoms with Crippen molar-refractivity contribution >= 4 is 17.1 Å². The minimum absolute atomic E-state index is 0.260. The summed E-state index contributed by atoms with van der Waals surface area (Å²) in [5.74, 6) is 2.12. The largest absolute Gasteiger partial charge is 0.616 e. The molecule has 0 spiro atoms. The Bertz CT molecular complexity index is 480. The third kappa shape index (κ3) is 5.22. The first kappa shape index (κ1) is 20.7. The fraction of sp³-hybridized carbons (Fsp3) is 0.842. The zero-order valence-electron chi connectivity index (χ0n) is 15.9. The predicted molar refractivity (Wildman–Crippen MR) is 99.8 cm³/mol. The molecule has 5 atom stereocenters. The fourth-order valence-corrected chi connectivity index (χ4v) is 5.25. The van der Waals surface area contributed by atoms with Crippen molar-refractivity contribution in [2.75, 3.05) is 18.6 Å². The van der Waals surface area contributed by atoms with E-state index < -0.39 is 16.6 Å². The van der Waals surface area contributed by atoms with Gasteiger partial charge >= 0.3 is 0 Å². The van der Waals surface area contributed by atoms with Crippen LogP contribution in [0.1, 0.15) is 52.9 Å². The van der Waals surface area contributed by atoms with Crippen LogP contribution in [0.4, 0.5) is 0 Å². The molecule has 0 aromatic carbocycles. The Hall–Kier alpha value is -0.560. The van der Waals surface area contributed by atoms with Gasteiger partial charge in [-0.2, -0.15) is 0 Å². The normalized spacial score (nSPS) is 30.2. The van der Waals surface area contributed by atoms with Crippen LogP contribution in [0, 0.1) is 17.3 Å². The lowest BCUT2D eigenvalue weighted by Crippen LogP contribution is -2.36. The van der Waals surface area contributed by atoms with Crippen LogP contribution >= 0.6 is 0 Å². The van der Waals surface area contributed by atoms with E-state index in [-0.39, 0.29) is 5.91 Å². The van der Waals surface area contributed by atoms with Gasteiger partial charge < -0.3 is 9.29 Å². The van der Waals surface area contributed by atoms with Gasteiger partial charge in [0.15, 0.2) is 0 Å². The number of fused-ring (bicyclic) bond motifs is 2. The lowest BCUT2D eigenvalue weighted by molar-refractivity contribution is -0.169. The molecule has 5 nitrogen and oxygen atoms in total. The third-order valence-electron chi connectivity index (χ3n) is 5.67. The zero-order valence-corrected chi connectivity index (χ0v) is 16.8. The summed E-state index contributed by atoms with van der Waals surface area (Å²) in [5.41, 5.74) is -0.566. The van der Waals surface area contributed by atoms with Gasteiger partial charge in [-0.25, -0.2) is 5.06 Å². The predicted octanol–water partition coefficient (Wildman–Crippen LogP) is 3.15. The van der Waals surface area contributed by atoms with Gasteiger partial charge in [0.1, 0.15) is 11.5 Å². The molecule has 1 N–H and O–H groups in total. The number of rotatable bonds is 9. The number of nitrogens with zero attached hydrogens (tertiary/aromatic N) is 1. The molecular formula is C19H33NO4S. The summed E-state index contributed by atoms with van der Waals surface area (Å²) in [5, 5.41) is 9.99. The molecule has 2 saturated heterocycles. The van der Waals surface area contributed by atoms with Crippen molar-refractivity contribution in [3.05, 3.63) is 12.2 Å². The molecule has 2 aliphatic rings. The number of hydroxylamine groups is 2. The van der Waals surface area contributed by atoms with Crippen LogP contribution in [0.15, 0.2) is 12.2 Å². The van der Waals surface area contributed by atoms with Crippen LogP contribution < -0.4 is 0 Å². The summed E-state index contributed by atoms with van der Waals surface area (Å²) in [6, 6.07) is 0. The Balaban J connectivity index is 1.81. The summed E-state index contributed by atoms with van der Waals surface area (Å²) < 4.78 is 18.0. The quantitative estimate of drug-likeness (QED) is 0.292. The molecule has 0 aliphatic carbocycles. The Morgan fingerprint density at radius 1 is 1.32 bits per heavy atom. The standard InChI is InChI=1S/C19H33NO4S/c1-5-25(23)13-15-14(16-10-11-17(15)24-16)9-7-6-8-12-19(2,3)18(21)20(4)22/h6-7,14-17,22H,5,8-13H2,1-4H3/b7-6-/t14-,15+,16-,17+,25?/m0/s1. The van der Waals surface area contributed by atoms with E-state index in [0.29, 0.717) is 35.5 Å². The smallest absolute Gasteiger partial charge is 0.251 e. The Morgan fingerprint density at radius 2 is 1.96 bits per heavy atom. The van der Waals surface area contributed by atoms with Crippen LogP contribution in [0.25, 0.3) is 0 Å². The molecule has 2 rings (SSSR count). The fourth-order valence-electron chi connectivity index (χ4n) is 4.12. The van der Waals surface area contributed by atoms with E-state index in [0.717, 1.165) is 37.2 Å². The minimum atomic E-state index is -0.740. The van der Waals surface area contributed by atoms with Gasteiger partial charge in [-0.15, -0.1) is 0 Å². The van der Waals surface area contributed by atoms with Crippen molar-refractivity contribution in [2.24, 2.45) is 17.3 Å². The molecule has 2 bridgehead atoms. The van der Waals surface area contributed by atoms with Gasteiger partial charge in [-0.05, 0) is 44.9 Å². The first-order valence-electron chi connectivity index (χ1n) is 9.38. The van der Waals surface area contributed by atoms with Crippen molar-refractivity contribution in [3.63, 3.8) is 0 Å². The molecule has 0 radical (unpaired) electrons. The van der Waals surface area contributed by atoms with E-state index >= 15 is 0 Å². The average molecular weight is 372 g/mol.